The van der Waals surface area contributed by atoms with Crippen LogP contribution in [0.25, 0.3) is 0 Å². The van der Waals surface area contributed by atoms with Gasteiger partial charge in [0, 0.05) is 19.3 Å². The lowest BCUT2D eigenvalue weighted by Crippen LogP contribution is -2.42. The van der Waals surface area contributed by atoms with Crippen molar-refractivity contribution in [3.63, 3.8) is 0 Å². The van der Waals surface area contributed by atoms with E-state index in [9.17, 15) is 24.0 Å². The van der Waals surface area contributed by atoms with Crippen LogP contribution in [0.5, 0.6) is 0 Å². The van der Waals surface area contributed by atoms with Gasteiger partial charge in [-0.1, -0.05) is 6.92 Å². The first-order valence-corrected chi connectivity index (χ1v) is 6.82. The van der Waals surface area contributed by atoms with Gasteiger partial charge in [0.2, 0.25) is 5.91 Å². The van der Waals surface area contributed by atoms with Crippen LogP contribution in [0.1, 0.15) is 39.0 Å². The molecular weight excluding hydrogens is 296 g/mol. The van der Waals surface area contributed by atoms with Gasteiger partial charge in [-0.05, 0) is 6.42 Å². The van der Waals surface area contributed by atoms with Gasteiger partial charge in [0.25, 0.3) is 11.8 Å². The normalized spacial score (nSPS) is 15.5. The molecule has 1 atom stereocenters. The summed E-state index contributed by atoms with van der Waals surface area (Å²) in [5, 5.41) is 2.85. The van der Waals surface area contributed by atoms with E-state index < -0.39 is 29.8 Å². The third kappa shape index (κ3) is 4.83. The number of nitrogens with zero attached hydrogens (tertiary/aromatic N) is 1. The van der Waals surface area contributed by atoms with Gasteiger partial charge in [-0.2, -0.15) is 0 Å². The molecule has 22 heavy (non-hydrogen) atoms. The van der Waals surface area contributed by atoms with Gasteiger partial charge in [-0.15, -0.1) is 5.06 Å². The van der Waals surface area contributed by atoms with Crippen molar-refractivity contribution in [1.29, 1.82) is 0 Å². The predicted octanol–water partition coefficient (Wildman–Crippen LogP) is -0.558. The SMILES string of the molecule is CCC(=O)N[C@@H](CCC(=O)ON1C(=O)CCC1=O)C(=O)OC. The molecule has 1 saturated heterocycles. The van der Waals surface area contributed by atoms with Gasteiger partial charge in [0.1, 0.15) is 6.04 Å². The number of carbonyl (C=O) groups excluding carboxylic acids is 5. The number of esters is 1. The second kappa shape index (κ2) is 8.11. The van der Waals surface area contributed by atoms with E-state index in [1.54, 1.807) is 6.92 Å². The van der Waals surface area contributed by atoms with E-state index in [1.165, 1.54) is 0 Å². The minimum atomic E-state index is -0.991. The highest BCUT2D eigenvalue weighted by Crippen LogP contribution is 2.13. The molecule has 0 aromatic rings. The fourth-order valence-corrected chi connectivity index (χ4v) is 1.76. The van der Waals surface area contributed by atoms with Crippen LogP contribution < -0.4 is 5.32 Å². The molecule has 1 rings (SSSR count). The molecule has 0 aromatic heterocycles. The molecular formula is C13H18N2O7. The topological polar surface area (TPSA) is 119 Å². The summed E-state index contributed by atoms with van der Waals surface area (Å²) in [7, 11) is 1.16. The third-order valence-electron chi connectivity index (χ3n) is 2.98. The Kier molecular flexibility index (Phi) is 6.48. The standard InChI is InChI=1S/C13H18N2O7/c1-3-9(16)14-8(13(20)21-2)4-7-12(19)22-15-10(17)5-6-11(15)18/h8H,3-7H2,1-2H3,(H,14,16)/t8-/m0/s1. The Bertz CT molecular complexity index is 473. The number of hydrogen-bond acceptors (Lipinski definition) is 7. The van der Waals surface area contributed by atoms with Crippen molar-refractivity contribution in [1.82, 2.24) is 10.4 Å². The van der Waals surface area contributed by atoms with Crippen molar-refractivity contribution in [2.75, 3.05) is 7.11 Å². The average Bonchev–Trinajstić information content (AvgIpc) is 2.82. The van der Waals surface area contributed by atoms with Gasteiger partial charge < -0.3 is 14.9 Å². The summed E-state index contributed by atoms with van der Waals surface area (Å²) < 4.78 is 4.53. The summed E-state index contributed by atoms with van der Waals surface area (Å²) in [6.45, 7) is 1.61. The van der Waals surface area contributed by atoms with Crippen molar-refractivity contribution in [2.24, 2.45) is 0 Å². The third-order valence-corrected chi connectivity index (χ3v) is 2.98. The average molecular weight is 314 g/mol. The molecule has 1 aliphatic heterocycles. The Balaban J connectivity index is 2.51. The van der Waals surface area contributed by atoms with Crippen LogP contribution in [-0.4, -0.2) is 47.9 Å². The van der Waals surface area contributed by atoms with E-state index in [-0.39, 0.29) is 38.0 Å². The monoisotopic (exact) mass is 314 g/mol. The number of hydrogen-bond donors (Lipinski definition) is 1. The molecule has 1 fully saturated rings. The smallest absolute Gasteiger partial charge is 0.333 e. The zero-order valence-electron chi connectivity index (χ0n) is 12.4. The predicted molar refractivity (Wildman–Crippen MR) is 70.7 cm³/mol. The molecule has 0 bridgehead atoms. The number of nitrogens with one attached hydrogen (secondary N) is 1. The Hall–Kier alpha value is -2.45. The molecule has 0 aliphatic carbocycles. The van der Waals surface area contributed by atoms with Gasteiger partial charge in [0.05, 0.1) is 13.5 Å². The Morgan fingerprint density at radius 2 is 1.82 bits per heavy atom. The fourth-order valence-electron chi connectivity index (χ4n) is 1.76. The number of ether oxygens (including phenoxy) is 1. The first kappa shape index (κ1) is 17.6. The zero-order chi connectivity index (χ0) is 16.7. The minimum Gasteiger partial charge on any atom is -0.467 e. The van der Waals surface area contributed by atoms with Gasteiger partial charge in [-0.3, -0.25) is 14.4 Å². The molecule has 0 radical (unpaired) electrons. The summed E-state index contributed by atoms with van der Waals surface area (Å²) in [5.41, 5.74) is 0. The molecule has 0 spiro atoms. The zero-order valence-corrected chi connectivity index (χ0v) is 12.4. The molecule has 1 aliphatic rings. The Labute approximate surface area is 126 Å². The number of imide groups is 1. The second-order valence-corrected chi connectivity index (χ2v) is 4.58. The quantitative estimate of drug-likeness (QED) is 0.494. The van der Waals surface area contributed by atoms with E-state index in [1.807, 2.05) is 0 Å². The summed E-state index contributed by atoms with van der Waals surface area (Å²) in [4.78, 5) is 61.7. The summed E-state index contributed by atoms with van der Waals surface area (Å²) in [6, 6.07) is -0.991. The molecule has 122 valence electrons. The highest BCUT2D eigenvalue weighted by atomic mass is 16.7. The van der Waals surface area contributed by atoms with E-state index in [2.05, 4.69) is 14.9 Å². The van der Waals surface area contributed by atoms with Crippen molar-refractivity contribution in [3.05, 3.63) is 0 Å². The lowest BCUT2D eigenvalue weighted by atomic mass is 10.1. The molecule has 1 heterocycles. The second-order valence-electron chi connectivity index (χ2n) is 4.58. The van der Waals surface area contributed by atoms with Crippen LogP contribution in [0.2, 0.25) is 0 Å². The lowest BCUT2D eigenvalue weighted by Gasteiger charge is -2.16. The summed E-state index contributed by atoms with van der Waals surface area (Å²) in [5.74, 6) is -3.07. The van der Waals surface area contributed by atoms with E-state index in [0.29, 0.717) is 5.06 Å². The van der Waals surface area contributed by atoms with Gasteiger partial charge in [-0.25, -0.2) is 9.59 Å². The molecule has 1 N–H and O–H groups in total. The molecule has 0 unspecified atom stereocenters. The number of carbonyl (C=O) groups is 5. The van der Waals surface area contributed by atoms with Crippen LogP contribution in [0, 0.1) is 0 Å². The van der Waals surface area contributed by atoms with E-state index >= 15 is 0 Å². The molecule has 0 saturated carbocycles. The van der Waals surface area contributed by atoms with Crippen molar-refractivity contribution < 1.29 is 33.5 Å². The molecule has 0 aromatic carbocycles. The van der Waals surface area contributed by atoms with Crippen LogP contribution in [0.4, 0.5) is 0 Å². The van der Waals surface area contributed by atoms with Crippen molar-refractivity contribution >= 4 is 29.7 Å². The maximum atomic E-state index is 11.6. The number of amides is 3. The molecule has 9 nitrogen and oxygen atoms in total. The van der Waals surface area contributed by atoms with Crippen LogP contribution in [-0.2, 0) is 33.5 Å². The first-order chi connectivity index (χ1) is 10.4. The fraction of sp³-hybridized carbons (Fsp3) is 0.615. The highest BCUT2D eigenvalue weighted by Gasteiger charge is 2.33. The highest BCUT2D eigenvalue weighted by molar-refractivity contribution is 6.01. The maximum absolute atomic E-state index is 11.6. The maximum Gasteiger partial charge on any atom is 0.333 e. The summed E-state index contributed by atoms with van der Waals surface area (Å²) >= 11 is 0. The molecule has 9 heteroatoms. The van der Waals surface area contributed by atoms with Gasteiger partial charge in [0.15, 0.2) is 0 Å². The first-order valence-electron chi connectivity index (χ1n) is 6.82. The van der Waals surface area contributed by atoms with Crippen LogP contribution >= 0.6 is 0 Å². The Morgan fingerprint density at radius 3 is 2.32 bits per heavy atom. The van der Waals surface area contributed by atoms with Crippen molar-refractivity contribution in [2.45, 2.75) is 45.1 Å². The Morgan fingerprint density at radius 1 is 1.23 bits per heavy atom. The van der Waals surface area contributed by atoms with Gasteiger partial charge >= 0.3 is 11.9 Å². The van der Waals surface area contributed by atoms with Crippen molar-refractivity contribution in [3.8, 4) is 0 Å². The molecule has 3 amide bonds. The largest absolute Gasteiger partial charge is 0.467 e. The minimum absolute atomic E-state index is 0.00343. The van der Waals surface area contributed by atoms with Crippen LogP contribution in [0.3, 0.4) is 0 Å². The number of rotatable bonds is 7. The van der Waals surface area contributed by atoms with E-state index in [0.717, 1.165) is 7.11 Å². The number of methoxy groups -OCH3 is 1. The van der Waals surface area contributed by atoms with E-state index in [4.69, 9.17) is 0 Å². The summed E-state index contributed by atoms with van der Waals surface area (Å²) in [6.07, 6.45) is -0.143. The number of hydroxylamine groups is 2. The van der Waals surface area contributed by atoms with Crippen LogP contribution in [0.15, 0.2) is 0 Å². The lowest BCUT2D eigenvalue weighted by molar-refractivity contribution is -0.197.